The van der Waals surface area contributed by atoms with E-state index in [1.54, 1.807) is 0 Å². The lowest BCUT2D eigenvalue weighted by Gasteiger charge is -2.35. The standard InChI is InChI=1S/C109H88N2O2Si2/c1-73(2)82-24-21-33-95-101-70-83(104(71-82)110(102-36-22-34-98-96-31-17-19-38-106(96)112-108(98)102)84-55-46-78(47-56-84)81-52-67-93(68-53-81)115(89-59-40-75(5)41-60-89,90-61-42-76(6)43-62-90)91-63-44-77(7)45-64-91)54-69-94(101)100(74(3)4)72-105(95)111(103-37-23-35-99-97-32-18-20-39-107(97)113-109(99)103)85-57-48-79(49-58-85)80-50-65-92(66-51-80)114(86-25-11-8-12-26-86,87-27-13-9-14-28-87)88-29-15-10-16-30-88/h8-74H,1-7H3. The van der Waals surface area contributed by atoms with Crippen molar-refractivity contribution < 1.29 is 8.83 Å². The summed E-state index contributed by atoms with van der Waals surface area (Å²) in [7, 11) is -5.57. The van der Waals surface area contributed by atoms with Gasteiger partial charge in [0.15, 0.2) is 27.3 Å². The average molecular weight is 1510 g/mol. The molecule has 0 atom stereocenters. The summed E-state index contributed by atoms with van der Waals surface area (Å²) in [5.74, 6) is 0.292. The lowest BCUT2D eigenvalue weighted by Crippen LogP contribution is -2.74. The number of nitrogens with zero attached hydrogens (tertiary/aromatic N) is 2. The molecule has 19 rings (SSSR count). The Morgan fingerprint density at radius 1 is 0.235 bits per heavy atom. The summed E-state index contributed by atoms with van der Waals surface area (Å²) < 4.78 is 14.2. The quantitative estimate of drug-likeness (QED) is 0.0633. The number of hydrogen-bond donors (Lipinski definition) is 0. The first-order valence-electron chi connectivity index (χ1n) is 40.3. The number of hydrogen-bond acceptors (Lipinski definition) is 4. The van der Waals surface area contributed by atoms with Crippen LogP contribution in [0.3, 0.4) is 0 Å². The maximum atomic E-state index is 7.11. The van der Waals surface area contributed by atoms with Crippen LogP contribution in [0.25, 0.3) is 87.7 Å². The fourth-order valence-electron chi connectivity index (χ4n) is 18.1. The molecule has 0 aliphatic rings. The Kier molecular flexibility index (Phi) is 18.7. The summed E-state index contributed by atoms with van der Waals surface area (Å²) in [5.41, 5.74) is 20.1. The lowest BCUT2D eigenvalue weighted by molar-refractivity contribution is 0.668. The predicted octanol–water partition coefficient (Wildman–Crippen LogP) is 24.6. The van der Waals surface area contributed by atoms with E-state index in [-0.39, 0.29) is 11.8 Å². The van der Waals surface area contributed by atoms with Gasteiger partial charge in [0.25, 0.3) is 0 Å². The molecule has 6 heteroatoms. The summed E-state index contributed by atoms with van der Waals surface area (Å²) in [6, 6.07) is 148. The fourth-order valence-corrected chi connectivity index (χ4v) is 27.5. The van der Waals surface area contributed by atoms with E-state index in [4.69, 9.17) is 8.83 Å². The Morgan fingerprint density at radius 2 is 0.574 bits per heavy atom. The first-order valence-corrected chi connectivity index (χ1v) is 44.3. The molecule has 2 heterocycles. The van der Waals surface area contributed by atoms with Crippen molar-refractivity contribution in [3.05, 3.63) is 422 Å². The van der Waals surface area contributed by atoms with Gasteiger partial charge in [-0.15, -0.1) is 0 Å². The maximum absolute atomic E-state index is 7.11. The molecule has 0 unspecified atom stereocenters. The number of benzene rings is 16. The second-order valence-corrected chi connectivity index (χ2v) is 39.3. The molecule has 19 aromatic rings. The van der Waals surface area contributed by atoms with E-state index in [2.05, 4.69) is 453 Å². The smallest absolute Gasteiger partial charge is 0.179 e. The summed E-state index contributed by atoms with van der Waals surface area (Å²) in [5, 5.41) is 19.6. The van der Waals surface area contributed by atoms with E-state index < -0.39 is 16.1 Å². The van der Waals surface area contributed by atoms with E-state index >= 15 is 0 Å². The minimum absolute atomic E-state index is 0.141. The minimum Gasteiger partial charge on any atom is -0.454 e. The topological polar surface area (TPSA) is 32.8 Å². The highest BCUT2D eigenvalue weighted by molar-refractivity contribution is 7.20. The number of rotatable bonds is 18. The van der Waals surface area contributed by atoms with Gasteiger partial charge in [-0.05, 0) is 190 Å². The minimum atomic E-state index is -2.82. The molecule has 0 saturated carbocycles. The molecule has 115 heavy (non-hydrogen) atoms. The van der Waals surface area contributed by atoms with Crippen molar-refractivity contribution in [2.24, 2.45) is 0 Å². The van der Waals surface area contributed by atoms with Gasteiger partial charge in [-0.2, -0.15) is 0 Å². The van der Waals surface area contributed by atoms with Gasteiger partial charge in [0.05, 0.1) is 22.7 Å². The predicted molar refractivity (Wildman–Crippen MR) is 495 cm³/mol. The Morgan fingerprint density at radius 3 is 0.974 bits per heavy atom. The highest BCUT2D eigenvalue weighted by atomic mass is 28.3. The van der Waals surface area contributed by atoms with E-state index in [0.29, 0.717) is 0 Å². The second kappa shape index (κ2) is 29.9. The van der Waals surface area contributed by atoms with Crippen molar-refractivity contribution in [2.45, 2.75) is 60.3 Å². The molecule has 2 aromatic heterocycles. The normalized spacial score (nSPS) is 11.9. The van der Waals surface area contributed by atoms with E-state index in [9.17, 15) is 0 Å². The fraction of sp³-hybridized carbons (Fsp3) is 0.0826. The molecule has 0 aliphatic carbocycles. The third-order valence-electron chi connectivity index (χ3n) is 24.0. The van der Waals surface area contributed by atoms with Crippen LogP contribution < -0.4 is 51.3 Å². The van der Waals surface area contributed by atoms with Gasteiger partial charge < -0.3 is 18.6 Å². The van der Waals surface area contributed by atoms with Gasteiger partial charge >= 0.3 is 0 Å². The number of furan rings is 2. The highest BCUT2D eigenvalue weighted by Crippen LogP contribution is 2.50. The van der Waals surface area contributed by atoms with Gasteiger partial charge in [0.1, 0.15) is 11.2 Å². The molecule has 0 fully saturated rings. The zero-order chi connectivity index (χ0) is 77.9. The molecule has 4 nitrogen and oxygen atoms in total. The second-order valence-electron chi connectivity index (χ2n) is 31.6. The van der Waals surface area contributed by atoms with E-state index in [0.717, 1.165) is 116 Å². The largest absolute Gasteiger partial charge is 0.454 e. The number of para-hydroxylation sites is 4. The maximum Gasteiger partial charge on any atom is 0.179 e. The Bertz CT molecular complexity index is 6610. The monoisotopic (exact) mass is 1510 g/mol. The van der Waals surface area contributed by atoms with Crippen LogP contribution in [-0.4, -0.2) is 16.1 Å². The summed E-state index contributed by atoms with van der Waals surface area (Å²) in [4.78, 5) is 4.92. The molecule has 0 saturated heterocycles. The SMILES string of the molecule is Cc1ccc([Si](c2ccc(C)cc2)(c2ccc(C)cc2)c2ccc(-c3ccc(N(c4cc(C(C)C)cccc5c(N(c6ccc(-c7ccc([Si](c8ccccc8)(c8ccccc8)c8ccccc8)cc7)cc6)c6cccc7c6oc6ccccc67)cc(C(C)C)c6ccc4cc65)c4cccc5c4oc4ccccc45)cc3)cc2)cc1. The van der Waals surface area contributed by atoms with Gasteiger partial charge in [-0.25, -0.2) is 0 Å². The molecule has 0 aliphatic heterocycles. The van der Waals surface area contributed by atoms with Crippen molar-refractivity contribution in [1.82, 2.24) is 0 Å². The van der Waals surface area contributed by atoms with Crippen LogP contribution in [0.5, 0.6) is 0 Å². The van der Waals surface area contributed by atoms with Crippen LogP contribution in [-0.2, 0) is 0 Å². The van der Waals surface area contributed by atoms with Gasteiger partial charge in [-0.3, -0.25) is 0 Å². The molecule has 0 spiro atoms. The molecule has 554 valence electrons. The summed E-state index contributed by atoms with van der Waals surface area (Å²) in [6.45, 7) is 15.8. The summed E-state index contributed by atoms with van der Waals surface area (Å²) >= 11 is 0. The highest BCUT2D eigenvalue weighted by Gasteiger charge is 2.43. The molecular weight excluding hydrogens is 1430 g/mol. The summed E-state index contributed by atoms with van der Waals surface area (Å²) in [6.07, 6.45) is 0. The third-order valence-corrected chi connectivity index (χ3v) is 33.6. The van der Waals surface area contributed by atoms with Crippen molar-refractivity contribution in [3.63, 3.8) is 0 Å². The first-order chi connectivity index (χ1) is 56.4. The van der Waals surface area contributed by atoms with E-state index in [1.165, 1.54) is 74.7 Å². The van der Waals surface area contributed by atoms with Gasteiger partial charge in [-0.1, -0.05) is 372 Å². The van der Waals surface area contributed by atoms with Gasteiger partial charge in [0.2, 0.25) is 0 Å². The zero-order valence-corrected chi connectivity index (χ0v) is 67.9. The van der Waals surface area contributed by atoms with Crippen molar-refractivity contribution in [2.75, 3.05) is 9.80 Å². The molecular formula is C109H88N2O2Si2. The average Bonchev–Trinajstić information content (AvgIpc) is 0.839. The molecule has 0 radical (unpaired) electrons. The number of fused-ring (bicyclic) bond motifs is 7. The number of aryl methyl sites for hydroxylation is 3. The molecule has 0 N–H and O–H groups in total. The molecule has 0 amide bonds. The molecule has 2 bridgehead atoms. The van der Waals surface area contributed by atoms with Crippen LogP contribution in [0.1, 0.15) is 67.3 Å². The number of anilines is 6. The van der Waals surface area contributed by atoms with Crippen molar-refractivity contribution in [1.29, 1.82) is 0 Å². The van der Waals surface area contributed by atoms with Crippen LogP contribution in [0.4, 0.5) is 34.1 Å². The van der Waals surface area contributed by atoms with Crippen LogP contribution in [0.15, 0.2) is 403 Å². The third kappa shape index (κ3) is 12.7. The lowest BCUT2D eigenvalue weighted by atomic mass is 9.91. The van der Waals surface area contributed by atoms with Crippen LogP contribution >= 0.6 is 0 Å². The van der Waals surface area contributed by atoms with Crippen molar-refractivity contribution >= 4 is 157 Å². The Labute approximate surface area is 675 Å². The molecule has 17 aromatic carbocycles. The van der Waals surface area contributed by atoms with Gasteiger partial charge in [0, 0.05) is 38.3 Å². The van der Waals surface area contributed by atoms with Crippen molar-refractivity contribution in [3.8, 4) is 22.3 Å². The Hall–Kier alpha value is -13.4. The Balaban J connectivity index is 0.780. The van der Waals surface area contributed by atoms with Crippen LogP contribution in [0.2, 0.25) is 0 Å². The van der Waals surface area contributed by atoms with E-state index in [1.807, 2.05) is 0 Å². The zero-order valence-electron chi connectivity index (χ0n) is 65.9. The first kappa shape index (κ1) is 71.9. The van der Waals surface area contributed by atoms with Crippen LogP contribution in [0, 0.1) is 20.8 Å².